The average Bonchev–Trinajstić information content (AvgIpc) is 4.22. The molecule has 0 aliphatic heterocycles. The first-order valence-corrected chi connectivity index (χ1v) is 23.6. The van der Waals surface area contributed by atoms with Crippen LogP contribution in [-0.2, 0) is 22.4 Å². The van der Waals surface area contributed by atoms with Crippen molar-refractivity contribution in [1.82, 2.24) is 25.1 Å². The van der Waals surface area contributed by atoms with Crippen LogP contribution in [0.1, 0.15) is 93.6 Å². The summed E-state index contributed by atoms with van der Waals surface area (Å²) in [6.45, 7) is 0.750. The number of carboxylic acid groups (broad SMARTS) is 1. The molecule has 4 atom stereocenters. The van der Waals surface area contributed by atoms with Crippen molar-refractivity contribution < 1.29 is 50.6 Å². The highest BCUT2D eigenvalue weighted by Crippen LogP contribution is 2.67. The van der Waals surface area contributed by atoms with Crippen LogP contribution in [0, 0.1) is 10.8 Å². The van der Waals surface area contributed by atoms with E-state index in [2.05, 4.69) is 20.2 Å². The molecule has 2 unspecified atom stereocenters. The number of carbonyl (C=O) groups excluding carboxylic acids is 3. The first-order valence-electron chi connectivity index (χ1n) is 22.1. The lowest BCUT2D eigenvalue weighted by Gasteiger charge is -2.29. The van der Waals surface area contributed by atoms with Crippen molar-refractivity contribution in [2.45, 2.75) is 87.6 Å². The summed E-state index contributed by atoms with van der Waals surface area (Å²) in [6.07, 6.45) is -6.28. The Morgan fingerprint density at radius 2 is 1.06 bits per heavy atom. The maximum absolute atomic E-state index is 13.9. The third kappa shape index (κ3) is 15.9. The largest absolute Gasteiger partial charge is 0.481 e. The Balaban J connectivity index is 0.000000256. The van der Waals surface area contributed by atoms with Gasteiger partial charge in [-0.1, -0.05) is 58.5 Å². The summed E-state index contributed by atoms with van der Waals surface area (Å²) in [5, 5.41) is 13.2. The molecule has 3 amide bonds. The second kappa shape index (κ2) is 24.8. The highest BCUT2D eigenvalue weighted by atomic mass is 35.5. The second-order valence-electron chi connectivity index (χ2n) is 18.0. The second-order valence-corrected chi connectivity index (χ2v) is 19.7. The predicted molar refractivity (Wildman–Crippen MR) is 261 cm³/mol. The molecule has 2 aliphatic rings. The standard InChI is InChI=1S/C24H27Cl2F3N4O2.C12H11ClF3NO2.C12H18ClN3O/c1-33(2)17(9-14-3-4-15(22(30)35)10-19(14)26)13-32-21(34)11-18(20-6-5-16(25)12-31-20)23(7-8-23)24(27,28)29;13-7-1-2-9(17-6-7)8(5-10(18)19)11(3-4-11)12(14,15)16;1-16(2)10(7-14)5-8-3-4-9(12(15)17)6-11(8)13/h3-6,10,12,17-18H,7-9,11,13H2,1-2H3,(H2,30,35)(H,32,34);1-2,6,8H,3-5H2,(H,18,19);3-4,6,10H,5,7,14H2,1-2H3,(H2,15,17)/t17-,18?;;10-/m0.0/s1. The van der Waals surface area contributed by atoms with Crippen LogP contribution < -0.4 is 22.5 Å². The van der Waals surface area contributed by atoms with Gasteiger partial charge in [-0.3, -0.25) is 29.1 Å². The minimum atomic E-state index is -4.45. The van der Waals surface area contributed by atoms with Gasteiger partial charge < -0.3 is 37.4 Å². The Hall–Kier alpha value is -4.76. The van der Waals surface area contributed by atoms with Gasteiger partial charge in [-0.05, 0) is 126 Å². The summed E-state index contributed by atoms with van der Waals surface area (Å²) in [4.78, 5) is 57.9. The van der Waals surface area contributed by atoms with Crippen LogP contribution in [0.4, 0.5) is 26.3 Å². The van der Waals surface area contributed by atoms with Crippen molar-refractivity contribution in [2.75, 3.05) is 41.3 Å². The zero-order valence-corrected chi connectivity index (χ0v) is 42.2. The highest BCUT2D eigenvalue weighted by Gasteiger charge is 2.68. The third-order valence-electron chi connectivity index (χ3n) is 12.9. The summed E-state index contributed by atoms with van der Waals surface area (Å²) >= 11 is 23.9. The van der Waals surface area contributed by atoms with Crippen molar-refractivity contribution >= 4 is 70.1 Å². The molecule has 2 saturated carbocycles. The molecule has 23 heteroatoms. The number of halogens is 10. The number of alkyl halides is 6. The van der Waals surface area contributed by atoms with Crippen LogP contribution in [0.3, 0.4) is 0 Å². The Morgan fingerprint density at radius 1 is 0.662 bits per heavy atom. The number of aliphatic carboxylic acids is 1. The van der Waals surface area contributed by atoms with Gasteiger partial charge in [-0.25, -0.2) is 0 Å². The van der Waals surface area contributed by atoms with Gasteiger partial charge in [0.2, 0.25) is 17.7 Å². The zero-order chi connectivity index (χ0) is 53.2. The molecule has 0 spiro atoms. The number of pyridine rings is 2. The van der Waals surface area contributed by atoms with E-state index < -0.39 is 65.1 Å². The Bertz CT molecular complexity index is 2480. The van der Waals surface area contributed by atoms with E-state index in [-0.39, 0.29) is 67.7 Å². The van der Waals surface area contributed by atoms with Crippen molar-refractivity contribution in [1.29, 1.82) is 0 Å². The third-order valence-corrected chi connectivity index (χ3v) is 14.0. The number of nitrogens with one attached hydrogen (secondary N) is 1. The minimum Gasteiger partial charge on any atom is -0.481 e. The molecule has 0 saturated heterocycles. The van der Waals surface area contributed by atoms with E-state index in [9.17, 15) is 45.5 Å². The number of carboxylic acids is 1. The lowest BCUT2D eigenvalue weighted by atomic mass is 9.82. The summed E-state index contributed by atoms with van der Waals surface area (Å²) in [5.74, 6) is -5.09. The van der Waals surface area contributed by atoms with E-state index in [1.807, 2.05) is 39.2 Å². The highest BCUT2D eigenvalue weighted by molar-refractivity contribution is 6.32. The molecule has 2 aromatic heterocycles. The molecule has 13 nitrogen and oxygen atoms in total. The molecule has 2 aliphatic carbocycles. The predicted octanol–water partition coefficient (Wildman–Crippen LogP) is 9.10. The van der Waals surface area contributed by atoms with E-state index >= 15 is 0 Å². The van der Waals surface area contributed by atoms with Crippen molar-refractivity contribution in [3.8, 4) is 0 Å². The SMILES string of the molecule is CN(C)[C@H](CN)Cc1ccc(C(N)=O)cc1Cl.CN(C)[C@H](CNC(=O)CC(c1ccc(Cl)cn1)C1(C(F)(F)F)CC1)Cc1ccc(C(N)=O)cc1Cl.O=C(O)CC(c1ccc(Cl)cn1)C1(C(F)(F)F)CC1. The topological polar surface area (TPSA) is 211 Å². The van der Waals surface area contributed by atoms with E-state index in [0.29, 0.717) is 38.6 Å². The Kier molecular flexibility index (Phi) is 20.5. The van der Waals surface area contributed by atoms with Crippen molar-refractivity contribution in [3.63, 3.8) is 0 Å². The van der Waals surface area contributed by atoms with Crippen LogP contribution in [0.5, 0.6) is 0 Å². The number of carbonyl (C=O) groups is 4. The number of nitrogens with two attached hydrogens (primary N) is 3. The van der Waals surface area contributed by atoms with Crippen LogP contribution in [-0.4, -0.2) is 114 Å². The molecule has 0 bridgehead atoms. The van der Waals surface area contributed by atoms with Gasteiger partial charge in [-0.15, -0.1) is 0 Å². The van der Waals surface area contributed by atoms with Crippen LogP contribution in [0.2, 0.25) is 20.1 Å². The number of nitrogens with zero attached hydrogens (tertiary/aromatic N) is 4. The fourth-order valence-corrected chi connectivity index (χ4v) is 8.84. The molecule has 4 aromatic rings. The molecule has 0 radical (unpaired) electrons. The zero-order valence-electron chi connectivity index (χ0n) is 39.2. The quantitative estimate of drug-likeness (QED) is 0.0562. The first-order chi connectivity index (χ1) is 33.0. The maximum Gasteiger partial charge on any atom is 0.395 e. The normalized spacial score (nSPS) is 16.3. The smallest absolute Gasteiger partial charge is 0.395 e. The number of likely N-dealkylation sites (N-methyl/N-ethyl adjacent to an activating group) is 2. The van der Waals surface area contributed by atoms with Crippen LogP contribution >= 0.6 is 46.4 Å². The van der Waals surface area contributed by atoms with Gasteiger partial charge in [0, 0.05) is 88.4 Å². The molecular formula is C48H56Cl4F6N8O5. The summed E-state index contributed by atoms with van der Waals surface area (Å²) in [6, 6.07) is 15.6. The number of rotatable bonds is 19. The van der Waals surface area contributed by atoms with Gasteiger partial charge >= 0.3 is 18.3 Å². The van der Waals surface area contributed by atoms with E-state index in [0.717, 1.165) is 17.5 Å². The summed E-state index contributed by atoms with van der Waals surface area (Å²) in [5.41, 5.74) is 15.0. The molecule has 2 heterocycles. The minimum absolute atomic E-state index is 0.0428. The Labute approximate surface area is 427 Å². The number of aromatic nitrogens is 2. The number of hydrogen-bond donors (Lipinski definition) is 5. The van der Waals surface area contributed by atoms with E-state index in [1.165, 1.54) is 42.7 Å². The van der Waals surface area contributed by atoms with E-state index in [4.69, 9.17) is 68.7 Å². The van der Waals surface area contributed by atoms with E-state index in [1.54, 1.807) is 24.3 Å². The maximum atomic E-state index is 13.9. The molecular weight excluding hydrogens is 1020 g/mol. The fraction of sp³-hybridized carbons (Fsp3) is 0.458. The number of hydrogen-bond acceptors (Lipinski definition) is 9. The van der Waals surface area contributed by atoms with Gasteiger partial charge in [0.25, 0.3) is 0 Å². The summed E-state index contributed by atoms with van der Waals surface area (Å²) in [7, 11) is 7.60. The molecule has 6 rings (SSSR count). The van der Waals surface area contributed by atoms with Crippen LogP contribution in [0.25, 0.3) is 0 Å². The monoisotopic (exact) mass is 1080 g/mol. The summed E-state index contributed by atoms with van der Waals surface area (Å²) < 4.78 is 81.1. The molecule has 8 N–H and O–H groups in total. The van der Waals surface area contributed by atoms with Gasteiger partial charge in [0.15, 0.2) is 0 Å². The first kappa shape index (κ1) is 58.8. The molecule has 2 fully saturated rings. The van der Waals surface area contributed by atoms with Gasteiger partial charge in [0.05, 0.1) is 27.3 Å². The average molecular weight is 1080 g/mol. The number of benzene rings is 2. The fourth-order valence-electron chi connectivity index (χ4n) is 8.10. The molecule has 2 aromatic carbocycles. The van der Waals surface area contributed by atoms with Crippen molar-refractivity contribution in [3.05, 3.63) is 127 Å². The van der Waals surface area contributed by atoms with Gasteiger partial charge in [-0.2, -0.15) is 26.3 Å². The van der Waals surface area contributed by atoms with Crippen LogP contribution in [0.15, 0.2) is 73.1 Å². The number of primary amides is 2. The number of amides is 3. The van der Waals surface area contributed by atoms with Gasteiger partial charge in [0.1, 0.15) is 0 Å². The lowest BCUT2D eigenvalue weighted by Crippen LogP contribution is -2.43. The lowest BCUT2D eigenvalue weighted by molar-refractivity contribution is -0.196. The Morgan fingerprint density at radius 3 is 1.35 bits per heavy atom. The van der Waals surface area contributed by atoms with Crippen molar-refractivity contribution in [2.24, 2.45) is 28.0 Å². The molecule has 71 heavy (non-hydrogen) atoms. The molecule has 388 valence electrons.